The van der Waals surface area contributed by atoms with E-state index in [1.807, 2.05) is 5.43 Å². The van der Waals surface area contributed by atoms with Crippen molar-refractivity contribution in [1.82, 2.24) is 20.2 Å². The molecule has 0 spiro atoms. The average Bonchev–Trinajstić information content (AvgIpc) is 2.95. The lowest BCUT2D eigenvalue weighted by atomic mass is 10.5. The van der Waals surface area contributed by atoms with Crippen LogP contribution in [0, 0.1) is 10.1 Å². The third-order valence-electron chi connectivity index (χ3n) is 2.07. The Kier molecular flexibility index (Phi) is 3.87. The molecule has 0 saturated heterocycles. The Morgan fingerprint density at radius 1 is 1.68 bits per heavy atom. The lowest BCUT2D eigenvalue weighted by molar-refractivity contribution is -0.390. The van der Waals surface area contributed by atoms with Gasteiger partial charge in [0.05, 0.1) is 17.0 Å². The van der Waals surface area contributed by atoms with E-state index in [1.165, 1.54) is 10.9 Å². The quantitative estimate of drug-likeness (QED) is 0.362. The molecule has 11 heteroatoms. The van der Waals surface area contributed by atoms with Gasteiger partial charge in [0.2, 0.25) is 0 Å². The van der Waals surface area contributed by atoms with E-state index in [2.05, 4.69) is 26.0 Å². The molecule has 100 valence electrons. The highest BCUT2D eigenvalue weighted by atomic mass is 79.9. The summed E-state index contributed by atoms with van der Waals surface area (Å²) in [5.74, 6) is 4.24. The number of hydrazine groups is 1. The summed E-state index contributed by atoms with van der Waals surface area (Å²) in [6.45, 7) is 0.223. The molecule has 0 aromatic carbocycles. The molecule has 0 unspecified atom stereocenters. The number of amides is 1. The summed E-state index contributed by atoms with van der Waals surface area (Å²) in [5.41, 5.74) is 2.54. The molecule has 0 aliphatic heterocycles. The molecule has 0 fully saturated rings. The fourth-order valence-corrected chi connectivity index (χ4v) is 2.47. The summed E-state index contributed by atoms with van der Waals surface area (Å²) < 4.78 is 1.65. The normalized spacial score (nSPS) is 10.4. The molecule has 0 saturated carbocycles. The second-order valence-corrected chi connectivity index (χ2v) is 5.09. The van der Waals surface area contributed by atoms with Gasteiger partial charge in [-0.25, -0.2) is 10.8 Å². The van der Waals surface area contributed by atoms with Gasteiger partial charge in [0.25, 0.3) is 5.91 Å². The smallest absolute Gasteiger partial charge is 0.358 e. The lowest BCUT2D eigenvalue weighted by Crippen LogP contribution is -2.29. The Balaban J connectivity index is 2.17. The number of carbonyl (C=O) groups is 1. The number of hydrogen-bond donors (Lipinski definition) is 2. The Hall–Kier alpha value is -1.85. The Bertz CT molecular complexity index is 638. The Labute approximate surface area is 118 Å². The minimum atomic E-state index is -0.588. The summed E-state index contributed by atoms with van der Waals surface area (Å²) in [5, 5.41) is 16.3. The second-order valence-electron chi connectivity index (χ2n) is 3.37. The number of nitro groups is 1. The molecule has 2 heterocycles. The Morgan fingerprint density at radius 2 is 2.42 bits per heavy atom. The van der Waals surface area contributed by atoms with Crippen LogP contribution in [0.5, 0.6) is 0 Å². The number of nitrogen functional groups attached to an aromatic ring is 1. The van der Waals surface area contributed by atoms with Crippen molar-refractivity contribution in [2.45, 2.75) is 6.54 Å². The fourth-order valence-electron chi connectivity index (χ4n) is 1.30. The second kappa shape index (κ2) is 5.42. The highest BCUT2D eigenvalue weighted by Crippen LogP contribution is 2.22. The number of nitrogens with one attached hydrogen (secondary N) is 1. The van der Waals surface area contributed by atoms with E-state index in [-0.39, 0.29) is 21.8 Å². The van der Waals surface area contributed by atoms with Crippen molar-refractivity contribution in [1.29, 1.82) is 0 Å². The van der Waals surface area contributed by atoms with Crippen LogP contribution in [0.3, 0.4) is 0 Å². The molecule has 1 amide bonds. The van der Waals surface area contributed by atoms with E-state index < -0.39 is 10.8 Å². The van der Waals surface area contributed by atoms with Gasteiger partial charge in [-0.1, -0.05) is 0 Å². The fraction of sp³-hybridized carbons (Fsp3) is 0.125. The van der Waals surface area contributed by atoms with Crippen LogP contribution in [0.25, 0.3) is 0 Å². The van der Waals surface area contributed by atoms with Crippen molar-refractivity contribution in [3.8, 4) is 0 Å². The maximum atomic E-state index is 11.2. The van der Waals surface area contributed by atoms with Gasteiger partial charge in [0, 0.05) is 5.38 Å². The molecule has 0 atom stereocenters. The molecule has 2 aromatic rings. The monoisotopic (exact) mass is 346 g/mol. The molecular formula is C8H7BrN6O3S. The molecule has 2 rings (SSSR count). The van der Waals surface area contributed by atoms with Crippen molar-refractivity contribution in [3.63, 3.8) is 0 Å². The first-order chi connectivity index (χ1) is 9.01. The molecule has 0 bridgehead atoms. The third-order valence-corrected chi connectivity index (χ3v) is 3.52. The molecular weight excluding hydrogens is 340 g/mol. The maximum Gasteiger partial charge on any atom is 0.404 e. The SMILES string of the molecule is NNC(=O)c1nc(Cn2cc(Br)c([N+](=O)[O-])n2)cs1. The maximum absolute atomic E-state index is 11.2. The van der Waals surface area contributed by atoms with Crippen LogP contribution in [0.1, 0.15) is 15.5 Å². The molecule has 0 radical (unpaired) electrons. The first kappa shape index (κ1) is 13.6. The standard InChI is InChI=1S/C8H7BrN6O3S/c9-5-2-14(13-6(5)15(17)18)1-4-3-19-8(11-4)7(16)12-10/h2-3H,1,10H2,(H,12,16). The van der Waals surface area contributed by atoms with Crippen LogP contribution in [0.2, 0.25) is 0 Å². The minimum absolute atomic E-state index is 0.221. The largest absolute Gasteiger partial charge is 0.404 e. The summed E-state index contributed by atoms with van der Waals surface area (Å²) in [4.78, 5) is 25.3. The van der Waals surface area contributed by atoms with Gasteiger partial charge in [-0.15, -0.1) is 11.3 Å². The topological polar surface area (TPSA) is 129 Å². The van der Waals surface area contributed by atoms with Crippen molar-refractivity contribution in [2.24, 2.45) is 5.84 Å². The van der Waals surface area contributed by atoms with E-state index in [9.17, 15) is 14.9 Å². The van der Waals surface area contributed by atoms with E-state index in [0.717, 1.165) is 11.3 Å². The average molecular weight is 347 g/mol. The van der Waals surface area contributed by atoms with Crippen LogP contribution in [0.15, 0.2) is 16.0 Å². The summed E-state index contributed by atoms with van der Waals surface area (Å²) >= 11 is 4.18. The van der Waals surface area contributed by atoms with Crippen molar-refractivity contribution in [2.75, 3.05) is 0 Å². The summed E-state index contributed by atoms with van der Waals surface area (Å²) in [6.07, 6.45) is 1.47. The lowest BCUT2D eigenvalue weighted by Gasteiger charge is -1.93. The predicted octanol–water partition coefficient (Wildman–Crippen LogP) is 0.662. The van der Waals surface area contributed by atoms with Crippen molar-refractivity contribution in [3.05, 3.63) is 36.9 Å². The van der Waals surface area contributed by atoms with Gasteiger partial charge in [-0.3, -0.25) is 10.2 Å². The highest BCUT2D eigenvalue weighted by Gasteiger charge is 2.19. The van der Waals surface area contributed by atoms with E-state index >= 15 is 0 Å². The van der Waals surface area contributed by atoms with Crippen LogP contribution in [0.4, 0.5) is 5.82 Å². The predicted molar refractivity (Wildman–Crippen MR) is 69.5 cm³/mol. The highest BCUT2D eigenvalue weighted by molar-refractivity contribution is 9.10. The zero-order valence-electron chi connectivity index (χ0n) is 9.24. The first-order valence-corrected chi connectivity index (χ1v) is 6.51. The summed E-state index contributed by atoms with van der Waals surface area (Å²) in [7, 11) is 0. The van der Waals surface area contributed by atoms with E-state index in [1.54, 1.807) is 5.38 Å². The van der Waals surface area contributed by atoms with Crippen molar-refractivity contribution < 1.29 is 9.72 Å². The zero-order chi connectivity index (χ0) is 14.0. The third kappa shape index (κ3) is 2.94. The number of nitrogens with zero attached hydrogens (tertiary/aromatic N) is 4. The van der Waals surface area contributed by atoms with Gasteiger partial charge in [-0.05, 0) is 20.9 Å². The zero-order valence-corrected chi connectivity index (χ0v) is 11.6. The molecule has 2 aromatic heterocycles. The molecule has 9 nitrogen and oxygen atoms in total. The van der Waals surface area contributed by atoms with Crippen LogP contribution < -0.4 is 11.3 Å². The van der Waals surface area contributed by atoms with Crippen LogP contribution in [-0.2, 0) is 6.54 Å². The van der Waals surface area contributed by atoms with Gasteiger partial charge in [-0.2, -0.15) is 4.68 Å². The molecule has 0 aliphatic rings. The van der Waals surface area contributed by atoms with Gasteiger partial charge < -0.3 is 10.1 Å². The molecule has 0 aliphatic carbocycles. The number of halogens is 1. The molecule has 19 heavy (non-hydrogen) atoms. The molecule has 3 N–H and O–H groups in total. The number of aromatic nitrogens is 3. The summed E-state index contributed by atoms with van der Waals surface area (Å²) in [6, 6.07) is 0. The number of rotatable bonds is 4. The number of hydrogen-bond acceptors (Lipinski definition) is 7. The first-order valence-electron chi connectivity index (χ1n) is 4.84. The van der Waals surface area contributed by atoms with Crippen molar-refractivity contribution >= 4 is 39.0 Å². The van der Waals surface area contributed by atoms with Crippen LogP contribution >= 0.6 is 27.3 Å². The van der Waals surface area contributed by atoms with Gasteiger partial charge in [0.1, 0.15) is 11.0 Å². The number of nitrogens with two attached hydrogens (primary N) is 1. The van der Waals surface area contributed by atoms with Gasteiger partial charge in [0.15, 0.2) is 5.01 Å². The van der Waals surface area contributed by atoms with E-state index in [4.69, 9.17) is 5.84 Å². The van der Waals surface area contributed by atoms with Crippen LogP contribution in [-0.4, -0.2) is 25.6 Å². The number of carbonyl (C=O) groups excluding carboxylic acids is 1. The van der Waals surface area contributed by atoms with E-state index in [0.29, 0.717) is 5.69 Å². The van der Waals surface area contributed by atoms with Gasteiger partial charge >= 0.3 is 5.82 Å². The minimum Gasteiger partial charge on any atom is -0.358 e. The Morgan fingerprint density at radius 3 is 3.00 bits per heavy atom. The number of thiazole rings is 1.